The second-order valence-electron chi connectivity index (χ2n) is 4.15. The van der Waals surface area contributed by atoms with Crippen LogP contribution in [0, 0.1) is 0 Å². The number of halogens is 3. The average molecular weight is 258 g/mol. The Balaban J connectivity index is 2.96. The molecule has 0 saturated heterocycles. The van der Waals surface area contributed by atoms with E-state index in [1.165, 1.54) is 6.07 Å². The predicted molar refractivity (Wildman–Crippen MR) is 65.6 cm³/mol. The smallest absolute Gasteiger partial charge is 0.271 e. The number of nitrogens with one attached hydrogen (secondary N) is 1. The fourth-order valence-corrected chi connectivity index (χ4v) is 1.64. The lowest BCUT2D eigenvalue weighted by Crippen LogP contribution is -2.28. The lowest BCUT2D eigenvalue weighted by molar-refractivity contribution is -0.137. The van der Waals surface area contributed by atoms with E-state index in [0.717, 1.165) is 24.1 Å². The molecule has 1 rings (SSSR count). The van der Waals surface area contributed by atoms with Crippen LogP contribution in [0.2, 0.25) is 0 Å². The SMILES string of the molecule is C=C(CC)CC(NN)c1cccc(C(F)(F)F)c1. The van der Waals surface area contributed by atoms with Gasteiger partial charge >= 0.3 is 6.18 Å². The van der Waals surface area contributed by atoms with Crippen molar-refractivity contribution in [2.24, 2.45) is 5.84 Å². The van der Waals surface area contributed by atoms with Gasteiger partial charge in [0.05, 0.1) is 5.56 Å². The molecule has 0 aliphatic rings. The normalized spacial score (nSPS) is 13.4. The molecule has 0 aromatic heterocycles. The zero-order chi connectivity index (χ0) is 13.8. The summed E-state index contributed by atoms with van der Waals surface area (Å²) in [7, 11) is 0. The Bertz CT molecular complexity index is 413. The first kappa shape index (κ1) is 14.7. The van der Waals surface area contributed by atoms with Gasteiger partial charge in [-0.05, 0) is 30.5 Å². The third-order valence-corrected chi connectivity index (χ3v) is 2.81. The van der Waals surface area contributed by atoms with Crippen molar-refractivity contribution >= 4 is 0 Å². The molecule has 1 unspecified atom stereocenters. The van der Waals surface area contributed by atoms with Gasteiger partial charge in [0.25, 0.3) is 0 Å². The van der Waals surface area contributed by atoms with Gasteiger partial charge in [0.15, 0.2) is 0 Å². The first-order chi connectivity index (χ1) is 8.38. The summed E-state index contributed by atoms with van der Waals surface area (Å²) in [5, 5.41) is 0. The van der Waals surface area contributed by atoms with Gasteiger partial charge in [0.1, 0.15) is 0 Å². The van der Waals surface area contributed by atoms with E-state index in [4.69, 9.17) is 5.84 Å². The van der Waals surface area contributed by atoms with Crippen LogP contribution < -0.4 is 11.3 Å². The maximum atomic E-state index is 12.6. The van der Waals surface area contributed by atoms with Crippen molar-refractivity contribution in [3.05, 3.63) is 47.5 Å². The number of benzene rings is 1. The van der Waals surface area contributed by atoms with Gasteiger partial charge in [-0.2, -0.15) is 13.2 Å². The fourth-order valence-electron chi connectivity index (χ4n) is 1.64. The molecule has 0 saturated carbocycles. The summed E-state index contributed by atoms with van der Waals surface area (Å²) < 4.78 is 37.8. The Morgan fingerprint density at radius 2 is 2.11 bits per heavy atom. The molecule has 0 amide bonds. The van der Waals surface area contributed by atoms with Crippen LogP contribution in [0.1, 0.15) is 36.9 Å². The monoisotopic (exact) mass is 258 g/mol. The summed E-state index contributed by atoms with van der Waals surface area (Å²) in [6.07, 6.45) is -3.04. The second kappa shape index (κ2) is 6.02. The summed E-state index contributed by atoms with van der Waals surface area (Å²) >= 11 is 0. The molecule has 0 heterocycles. The minimum atomic E-state index is -4.34. The van der Waals surface area contributed by atoms with Gasteiger partial charge in [-0.3, -0.25) is 11.3 Å². The Morgan fingerprint density at radius 1 is 1.44 bits per heavy atom. The lowest BCUT2D eigenvalue weighted by Gasteiger charge is -2.18. The molecule has 0 fully saturated rings. The van der Waals surface area contributed by atoms with Gasteiger partial charge < -0.3 is 0 Å². The first-order valence-corrected chi connectivity index (χ1v) is 5.68. The summed E-state index contributed by atoms with van der Waals surface area (Å²) in [4.78, 5) is 0. The van der Waals surface area contributed by atoms with Gasteiger partial charge in [-0.25, -0.2) is 0 Å². The summed E-state index contributed by atoms with van der Waals surface area (Å²) in [5.41, 5.74) is 3.33. The van der Waals surface area contributed by atoms with E-state index >= 15 is 0 Å². The van der Waals surface area contributed by atoms with Gasteiger partial charge in [0.2, 0.25) is 0 Å². The lowest BCUT2D eigenvalue weighted by atomic mass is 9.97. The summed E-state index contributed by atoms with van der Waals surface area (Å²) in [6.45, 7) is 5.79. The van der Waals surface area contributed by atoms with Crippen LogP contribution in [-0.4, -0.2) is 0 Å². The number of hydrogen-bond acceptors (Lipinski definition) is 2. The highest BCUT2D eigenvalue weighted by Gasteiger charge is 2.30. The van der Waals surface area contributed by atoms with E-state index in [1.54, 1.807) is 6.07 Å². The highest BCUT2D eigenvalue weighted by molar-refractivity contribution is 5.28. The number of hydrazine groups is 1. The Morgan fingerprint density at radius 3 is 2.61 bits per heavy atom. The summed E-state index contributed by atoms with van der Waals surface area (Å²) in [5.74, 6) is 5.39. The highest BCUT2D eigenvalue weighted by atomic mass is 19.4. The predicted octanol–water partition coefficient (Wildman–Crippen LogP) is 3.57. The molecule has 1 atom stereocenters. The molecular weight excluding hydrogens is 241 g/mol. The zero-order valence-electron chi connectivity index (χ0n) is 10.2. The van der Waals surface area contributed by atoms with Gasteiger partial charge in [0, 0.05) is 6.04 Å². The van der Waals surface area contributed by atoms with Crippen LogP contribution in [0.3, 0.4) is 0 Å². The largest absolute Gasteiger partial charge is 0.416 e. The molecule has 0 aliphatic carbocycles. The van der Waals surface area contributed by atoms with Crippen molar-refractivity contribution in [2.45, 2.75) is 32.0 Å². The molecule has 0 bridgehead atoms. The molecular formula is C13H17F3N2. The number of nitrogens with two attached hydrogens (primary N) is 1. The molecule has 18 heavy (non-hydrogen) atoms. The molecule has 0 aliphatic heterocycles. The molecule has 100 valence electrons. The van der Waals surface area contributed by atoms with Crippen molar-refractivity contribution in [1.29, 1.82) is 0 Å². The number of rotatable bonds is 5. The molecule has 5 heteroatoms. The van der Waals surface area contributed by atoms with Gasteiger partial charge in [-0.1, -0.05) is 31.2 Å². The number of alkyl halides is 3. The van der Waals surface area contributed by atoms with Crippen molar-refractivity contribution in [3.63, 3.8) is 0 Å². The molecule has 3 N–H and O–H groups in total. The van der Waals surface area contributed by atoms with E-state index in [-0.39, 0.29) is 6.04 Å². The van der Waals surface area contributed by atoms with E-state index in [1.807, 2.05) is 6.92 Å². The van der Waals surface area contributed by atoms with E-state index < -0.39 is 11.7 Å². The number of hydrogen-bond donors (Lipinski definition) is 2. The van der Waals surface area contributed by atoms with Crippen molar-refractivity contribution in [3.8, 4) is 0 Å². The topological polar surface area (TPSA) is 38.0 Å². The Kier molecular flexibility index (Phi) is 4.93. The van der Waals surface area contributed by atoms with Crippen LogP contribution in [0.25, 0.3) is 0 Å². The third-order valence-electron chi connectivity index (χ3n) is 2.81. The maximum absolute atomic E-state index is 12.6. The molecule has 0 spiro atoms. The average Bonchev–Trinajstić information content (AvgIpc) is 2.34. The van der Waals surface area contributed by atoms with Crippen LogP contribution in [0.15, 0.2) is 36.4 Å². The van der Waals surface area contributed by atoms with Crippen molar-refractivity contribution < 1.29 is 13.2 Å². The van der Waals surface area contributed by atoms with Crippen LogP contribution in [0.5, 0.6) is 0 Å². The van der Waals surface area contributed by atoms with Crippen LogP contribution in [0.4, 0.5) is 13.2 Å². The third kappa shape index (κ3) is 3.85. The van der Waals surface area contributed by atoms with Crippen LogP contribution in [-0.2, 0) is 6.18 Å². The fraction of sp³-hybridized carbons (Fsp3) is 0.385. The van der Waals surface area contributed by atoms with E-state index in [0.29, 0.717) is 12.0 Å². The minimum absolute atomic E-state index is 0.347. The van der Waals surface area contributed by atoms with Gasteiger partial charge in [-0.15, -0.1) is 0 Å². The van der Waals surface area contributed by atoms with E-state index in [2.05, 4.69) is 12.0 Å². The van der Waals surface area contributed by atoms with Crippen molar-refractivity contribution in [2.75, 3.05) is 0 Å². The van der Waals surface area contributed by atoms with Crippen LogP contribution >= 0.6 is 0 Å². The Labute approximate surface area is 105 Å². The van der Waals surface area contributed by atoms with E-state index in [9.17, 15) is 13.2 Å². The summed E-state index contributed by atoms with van der Waals surface area (Å²) in [6, 6.07) is 4.83. The molecule has 1 aromatic rings. The molecule has 1 aromatic carbocycles. The highest BCUT2D eigenvalue weighted by Crippen LogP contribution is 2.31. The Hall–Kier alpha value is -1.33. The minimum Gasteiger partial charge on any atom is -0.271 e. The zero-order valence-corrected chi connectivity index (χ0v) is 10.2. The first-order valence-electron chi connectivity index (χ1n) is 5.68. The quantitative estimate of drug-likeness (QED) is 0.481. The molecule has 2 nitrogen and oxygen atoms in total. The molecule has 0 radical (unpaired) electrons. The maximum Gasteiger partial charge on any atom is 0.416 e. The standard InChI is InChI=1S/C13H17F3N2/c1-3-9(2)7-12(18-17)10-5-4-6-11(8-10)13(14,15)16/h4-6,8,12,18H,2-3,7,17H2,1H3. The second-order valence-corrected chi connectivity index (χ2v) is 4.15. The van der Waals surface area contributed by atoms with Crippen molar-refractivity contribution in [1.82, 2.24) is 5.43 Å².